The monoisotopic (exact) mass is 318 g/mol. The summed E-state index contributed by atoms with van der Waals surface area (Å²) in [4.78, 5) is 13.8. The maximum absolute atomic E-state index is 13.6. The molecule has 1 saturated heterocycles. The maximum Gasteiger partial charge on any atom is 0.293 e. The molecule has 0 amide bonds. The summed E-state index contributed by atoms with van der Waals surface area (Å²) in [6.07, 6.45) is 0. The summed E-state index contributed by atoms with van der Waals surface area (Å²) < 4.78 is 13.7. The van der Waals surface area contributed by atoms with Crippen LogP contribution in [0.25, 0.3) is 0 Å². The summed E-state index contributed by atoms with van der Waals surface area (Å²) >= 11 is 2.98. The Morgan fingerprint density at radius 2 is 2.06 bits per heavy atom. The Hall–Kier alpha value is -1.21. The minimum atomic E-state index is -0.470. The Bertz CT molecular complexity index is 476. The Balaban J connectivity index is 2.36. The van der Waals surface area contributed by atoms with E-state index >= 15 is 0 Å². The van der Waals surface area contributed by atoms with Crippen molar-refractivity contribution in [3.05, 3.63) is 32.5 Å². The van der Waals surface area contributed by atoms with Crippen molar-refractivity contribution in [2.75, 3.05) is 38.1 Å². The summed E-state index contributed by atoms with van der Waals surface area (Å²) in [7, 11) is 2.08. The Kier molecular flexibility index (Phi) is 3.82. The van der Waals surface area contributed by atoms with E-state index in [0.717, 1.165) is 13.1 Å². The fourth-order valence-corrected chi connectivity index (χ4v) is 2.39. The van der Waals surface area contributed by atoms with Crippen LogP contribution in [0.15, 0.2) is 16.6 Å². The van der Waals surface area contributed by atoms with E-state index in [1.54, 1.807) is 0 Å². The summed E-state index contributed by atoms with van der Waals surface area (Å²) in [5.74, 6) is -0.470. The van der Waals surface area contributed by atoms with Gasteiger partial charge in [-0.1, -0.05) is 0 Å². The summed E-state index contributed by atoms with van der Waals surface area (Å²) in [6, 6.07) is 2.47. The number of nitrogens with one attached hydrogen (secondary N) is 1. The number of benzene rings is 1. The van der Waals surface area contributed by atoms with E-state index in [0.29, 0.717) is 18.8 Å². The SMILES string of the molecule is C[NH+]1CCN(c2cc(F)c(Br)cc2[N+](=O)[O-])CC1. The second-order valence-corrected chi connectivity index (χ2v) is 5.31. The first-order chi connectivity index (χ1) is 8.49. The molecule has 0 saturated carbocycles. The largest absolute Gasteiger partial charge is 0.355 e. The van der Waals surface area contributed by atoms with Crippen LogP contribution in [0.3, 0.4) is 0 Å². The molecule has 1 aliphatic heterocycles. The van der Waals surface area contributed by atoms with E-state index in [1.165, 1.54) is 17.0 Å². The van der Waals surface area contributed by atoms with E-state index in [9.17, 15) is 14.5 Å². The average molecular weight is 319 g/mol. The standard InChI is InChI=1S/C11H13BrFN3O2/c1-14-2-4-15(5-3-14)10-7-9(13)8(12)6-11(10)16(17)18/h6-7H,2-5H2,1H3/p+1. The van der Waals surface area contributed by atoms with Crippen LogP contribution >= 0.6 is 15.9 Å². The summed E-state index contributed by atoms with van der Waals surface area (Å²) in [6.45, 7) is 3.20. The van der Waals surface area contributed by atoms with Crippen LogP contribution in [-0.4, -0.2) is 38.2 Å². The second kappa shape index (κ2) is 5.19. The molecule has 1 N–H and O–H groups in total. The fraction of sp³-hybridized carbons (Fsp3) is 0.455. The summed E-state index contributed by atoms with van der Waals surface area (Å²) in [5.41, 5.74) is 0.316. The minimum absolute atomic E-state index is 0.0529. The van der Waals surface area contributed by atoms with E-state index in [-0.39, 0.29) is 10.2 Å². The number of halogens is 2. The van der Waals surface area contributed by atoms with Gasteiger partial charge < -0.3 is 9.80 Å². The lowest BCUT2D eigenvalue weighted by Gasteiger charge is -2.31. The molecule has 0 bridgehead atoms. The van der Waals surface area contributed by atoms with Gasteiger partial charge in [0.1, 0.15) is 11.5 Å². The van der Waals surface area contributed by atoms with E-state index in [1.807, 2.05) is 4.90 Å². The molecule has 0 atom stereocenters. The molecule has 1 fully saturated rings. The molecule has 0 spiro atoms. The molecule has 0 radical (unpaired) electrons. The number of hydrogen-bond donors (Lipinski definition) is 1. The highest BCUT2D eigenvalue weighted by molar-refractivity contribution is 9.10. The van der Waals surface area contributed by atoms with Crippen LogP contribution in [-0.2, 0) is 0 Å². The van der Waals surface area contributed by atoms with Gasteiger partial charge in [0, 0.05) is 12.1 Å². The van der Waals surface area contributed by atoms with E-state index in [4.69, 9.17) is 0 Å². The molecule has 0 aliphatic carbocycles. The van der Waals surface area contributed by atoms with Gasteiger partial charge in [-0.25, -0.2) is 4.39 Å². The van der Waals surface area contributed by atoms with Crippen molar-refractivity contribution >= 4 is 27.3 Å². The van der Waals surface area contributed by atoms with Crippen molar-refractivity contribution in [1.82, 2.24) is 0 Å². The zero-order valence-corrected chi connectivity index (χ0v) is 11.5. The van der Waals surface area contributed by atoms with Crippen molar-refractivity contribution < 1.29 is 14.2 Å². The molecule has 2 rings (SSSR count). The second-order valence-electron chi connectivity index (χ2n) is 4.46. The first-order valence-corrected chi connectivity index (χ1v) is 6.48. The predicted octanol–water partition coefficient (Wildman–Crippen LogP) is 0.831. The molecular weight excluding hydrogens is 305 g/mol. The molecule has 1 heterocycles. The lowest BCUT2D eigenvalue weighted by molar-refractivity contribution is -0.880. The number of rotatable bonds is 2. The number of piperazine rings is 1. The van der Waals surface area contributed by atoms with Crippen molar-refractivity contribution in [1.29, 1.82) is 0 Å². The highest BCUT2D eigenvalue weighted by Crippen LogP contribution is 2.33. The minimum Gasteiger partial charge on any atom is -0.355 e. The van der Waals surface area contributed by atoms with Gasteiger partial charge in [0.25, 0.3) is 5.69 Å². The topological polar surface area (TPSA) is 50.8 Å². The van der Waals surface area contributed by atoms with Crippen LogP contribution in [0.1, 0.15) is 0 Å². The summed E-state index contributed by atoms with van der Waals surface area (Å²) in [5, 5.41) is 11.0. The fourth-order valence-electron chi connectivity index (χ4n) is 2.05. The normalized spacial score (nSPS) is 16.9. The lowest BCUT2D eigenvalue weighted by Crippen LogP contribution is -3.12. The molecule has 98 valence electrons. The van der Waals surface area contributed by atoms with Crippen LogP contribution in [0, 0.1) is 15.9 Å². The third-order valence-corrected chi connectivity index (χ3v) is 3.78. The van der Waals surface area contributed by atoms with Gasteiger partial charge >= 0.3 is 0 Å². The third-order valence-electron chi connectivity index (χ3n) is 3.17. The average Bonchev–Trinajstić information content (AvgIpc) is 2.33. The van der Waals surface area contributed by atoms with Crippen molar-refractivity contribution in [2.24, 2.45) is 0 Å². The predicted molar refractivity (Wildman–Crippen MR) is 69.6 cm³/mol. The van der Waals surface area contributed by atoms with Gasteiger partial charge in [-0.2, -0.15) is 0 Å². The first-order valence-electron chi connectivity index (χ1n) is 5.68. The van der Waals surface area contributed by atoms with E-state index in [2.05, 4.69) is 23.0 Å². The van der Waals surface area contributed by atoms with Gasteiger partial charge in [-0.3, -0.25) is 10.1 Å². The Morgan fingerprint density at radius 1 is 1.44 bits per heavy atom. The third kappa shape index (κ3) is 2.62. The van der Waals surface area contributed by atoms with Gasteiger partial charge in [-0.05, 0) is 15.9 Å². The van der Waals surface area contributed by atoms with Crippen LogP contribution in [0.5, 0.6) is 0 Å². The molecule has 0 aromatic heterocycles. The number of likely N-dealkylation sites (N-methyl/N-ethyl adjacent to an activating group) is 1. The van der Waals surface area contributed by atoms with Crippen LogP contribution < -0.4 is 9.80 Å². The van der Waals surface area contributed by atoms with Gasteiger partial charge in [-0.15, -0.1) is 0 Å². The number of hydrogen-bond acceptors (Lipinski definition) is 3. The zero-order valence-electron chi connectivity index (χ0n) is 9.95. The van der Waals surface area contributed by atoms with Gasteiger partial charge in [0.05, 0.1) is 42.6 Å². The number of quaternary nitrogens is 1. The molecule has 7 heteroatoms. The number of nitro benzene ring substituents is 1. The Morgan fingerprint density at radius 3 is 2.61 bits per heavy atom. The van der Waals surface area contributed by atoms with Crippen LogP contribution in [0.2, 0.25) is 0 Å². The highest BCUT2D eigenvalue weighted by Gasteiger charge is 2.25. The zero-order chi connectivity index (χ0) is 13.3. The molecule has 1 aromatic rings. The molecular formula is C11H14BrFN3O2+. The lowest BCUT2D eigenvalue weighted by atomic mass is 10.2. The molecule has 18 heavy (non-hydrogen) atoms. The highest BCUT2D eigenvalue weighted by atomic mass is 79.9. The molecule has 0 unspecified atom stereocenters. The molecule has 1 aromatic carbocycles. The molecule has 1 aliphatic rings. The van der Waals surface area contributed by atoms with Crippen LogP contribution in [0.4, 0.5) is 15.8 Å². The Labute approximate surface area is 112 Å². The van der Waals surface area contributed by atoms with Gasteiger partial charge in [0.15, 0.2) is 0 Å². The van der Waals surface area contributed by atoms with Crippen molar-refractivity contribution in [3.63, 3.8) is 0 Å². The van der Waals surface area contributed by atoms with Crippen molar-refractivity contribution in [2.45, 2.75) is 0 Å². The first kappa shape index (κ1) is 13.2. The maximum atomic E-state index is 13.6. The number of nitrogens with zero attached hydrogens (tertiary/aromatic N) is 2. The molecule has 5 nitrogen and oxygen atoms in total. The van der Waals surface area contributed by atoms with Gasteiger partial charge in [0.2, 0.25) is 0 Å². The van der Waals surface area contributed by atoms with Crippen molar-refractivity contribution in [3.8, 4) is 0 Å². The van der Waals surface area contributed by atoms with E-state index < -0.39 is 10.7 Å². The number of nitro groups is 1. The smallest absolute Gasteiger partial charge is 0.293 e. The quantitative estimate of drug-likeness (QED) is 0.649. The number of anilines is 1.